The minimum atomic E-state index is -0.600. The maximum absolute atomic E-state index is 11.7. The van der Waals surface area contributed by atoms with Crippen molar-refractivity contribution >= 4 is 12.0 Å². The predicted molar refractivity (Wildman–Crippen MR) is 65.1 cm³/mol. The standard InChI is InChI=1S/C13H16O4/c1-4-17-13(16)12-9(5-8(2)3)6-10(14)7-11(12)15/h5-7,14-15H,4H2,1-3H3. The summed E-state index contributed by atoms with van der Waals surface area (Å²) in [6, 6.07) is 2.54. The Hall–Kier alpha value is -1.97. The summed E-state index contributed by atoms with van der Waals surface area (Å²) >= 11 is 0. The van der Waals surface area contributed by atoms with Crippen molar-refractivity contribution in [3.8, 4) is 11.5 Å². The molecule has 4 nitrogen and oxygen atoms in total. The van der Waals surface area contributed by atoms with E-state index in [0.29, 0.717) is 5.56 Å². The molecule has 0 fully saturated rings. The van der Waals surface area contributed by atoms with Gasteiger partial charge in [0.2, 0.25) is 0 Å². The molecule has 0 radical (unpaired) electrons. The number of hydrogen-bond acceptors (Lipinski definition) is 4. The molecule has 1 aromatic carbocycles. The minimum Gasteiger partial charge on any atom is -0.508 e. The summed E-state index contributed by atoms with van der Waals surface area (Å²) in [7, 11) is 0. The normalized spacial score (nSPS) is 9.82. The number of phenols is 2. The van der Waals surface area contributed by atoms with Gasteiger partial charge in [0.25, 0.3) is 0 Å². The van der Waals surface area contributed by atoms with Gasteiger partial charge in [0, 0.05) is 6.07 Å². The van der Waals surface area contributed by atoms with Gasteiger partial charge in [-0.1, -0.05) is 11.6 Å². The second-order valence-corrected chi connectivity index (χ2v) is 3.87. The zero-order valence-corrected chi connectivity index (χ0v) is 10.2. The first-order valence-corrected chi connectivity index (χ1v) is 5.33. The molecule has 92 valence electrons. The van der Waals surface area contributed by atoms with E-state index in [1.54, 1.807) is 13.0 Å². The van der Waals surface area contributed by atoms with Crippen molar-refractivity contribution < 1.29 is 19.7 Å². The summed E-state index contributed by atoms with van der Waals surface area (Å²) in [5.41, 5.74) is 1.47. The molecule has 0 unspecified atom stereocenters. The van der Waals surface area contributed by atoms with Gasteiger partial charge in [-0.05, 0) is 32.4 Å². The molecule has 0 atom stereocenters. The van der Waals surface area contributed by atoms with Crippen molar-refractivity contribution in [2.75, 3.05) is 6.61 Å². The molecule has 0 saturated carbocycles. The van der Waals surface area contributed by atoms with Crippen molar-refractivity contribution in [1.29, 1.82) is 0 Å². The van der Waals surface area contributed by atoms with Crippen molar-refractivity contribution in [2.24, 2.45) is 0 Å². The van der Waals surface area contributed by atoms with Crippen LogP contribution in [0.15, 0.2) is 17.7 Å². The highest BCUT2D eigenvalue weighted by molar-refractivity contribution is 5.97. The number of esters is 1. The van der Waals surface area contributed by atoms with Gasteiger partial charge in [0.1, 0.15) is 17.1 Å². The molecule has 17 heavy (non-hydrogen) atoms. The lowest BCUT2D eigenvalue weighted by molar-refractivity contribution is 0.0523. The molecule has 0 aliphatic rings. The van der Waals surface area contributed by atoms with E-state index in [0.717, 1.165) is 11.6 Å². The van der Waals surface area contributed by atoms with Crippen molar-refractivity contribution in [3.63, 3.8) is 0 Å². The molecule has 0 saturated heterocycles. The van der Waals surface area contributed by atoms with Crippen molar-refractivity contribution in [3.05, 3.63) is 28.8 Å². The van der Waals surface area contributed by atoms with E-state index in [2.05, 4.69) is 0 Å². The lowest BCUT2D eigenvalue weighted by Crippen LogP contribution is -2.07. The highest BCUT2D eigenvalue weighted by atomic mass is 16.5. The fraction of sp³-hybridized carbons (Fsp3) is 0.308. The number of carbonyl (C=O) groups is 1. The van der Waals surface area contributed by atoms with Crippen LogP contribution in [0.3, 0.4) is 0 Å². The van der Waals surface area contributed by atoms with Crippen LogP contribution in [0.25, 0.3) is 6.08 Å². The van der Waals surface area contributed by atoms with Crippen LogP contribution in [0, 0.1) is 0 Å². The Morgan fingerprint density at radius 2 is 2.00 bits per heavy atom. The Balaban J connectivity index is 3.35. The zero-order chi connectivity index (χ0) is 13.0. The topological polar surface area (TPSA) is 66.8 Å². The number of allylic oxidation sites excluding steroid dienone is 1. The van der Waals surface area contributed by atoms with Crippen molar-refractivity contribution in [1.82, 2.24) is 0 Å². The first-order chi connectivity index (χ1) is 7.95. The summed E-state index contributed by atoms with van der Waals surface area (Å²) < 4.78 is 4.86. The monoisotopic (exact) mass is 236 g/mol. The Labute approximate surface area is 100 Å². The summed E-state index contributed by atoms with van der Waals surface area (Å²) in [6.45, 7) is 5.63. The Kier molecular flexibility index (Phi) is 4.15. The van der Waals surface area contributed by atoms with Gasteiger partial charge in [0.05, 0.1) is 6.61 Å². The fourth-order valence-corrected chi connectivity index (χ4v) is 1.48. The van der Waals surface area contributed by atoms with Crippen LogP contribution in [0.2, 0.25) is 0 Å². The van der Waals surface area contributed by atoms with E-state index >= 15 is 0 Å². The minimum absolute atomic E-state index is 0.0749. The zero-order valence-electron chi connectivity index (χ0n) is 10.2. The molecule has 4 heteroatoms. The predicted octanol–water partition coefficient (Wildman–Crippen LogP) is 2.70. The van der Waals surface area contributed by atoms with Crippen LogP contribution in [0.1, 0.15) is 36.7 Å². The molecular weight excluding hydrogens is 220 g/mol. The molecule has 0 amide bonds. The average Bonchev–Trinajstić information content (AvgIpc) is 2.15. The van der Waals surface area contributed by atoms with E-state index in [4.69, 9.17) is 4.74 Å². The summed E-state index contributed by atoms with van der Waals surface area (Å²) in [6.07, 6.45) is 1.70. The summed E-state index contributed by atoms with van der Waals surface area (Å²) in [5, 5.41) is 19.1. The second kappa shape index (κ2) is 5.39. The highest BCUT2D eigenvalue weighted by Crippen LogP contribution is 2.29. The van der Waals surface area contributed by atoms with Gasteiger partial charge in [-0.25, -0.2) is 4.79 Å². The first-order valence-electron chi connectivity index (χ1n) is 5.33. The number of hydrogen-bond donors (Lipinski definition) is 2. The van der Waals surface area contributed by atoms with E-state index < -0.39 is 5.97 Å². The number of benzene rings is 1. The van der Waals surface area contributed by atoms with Crippen LogP contribution >= 0.6 is 0 Å². The van der Waals surface area contributed by atoms with Gasteiger partial charge >= 0.3 is 5.97 Å². The van der Waals surface area contributed by atoms with E-state index in [1.165, 1.54) is 6.07 Å². The average molecular weight is 236 g/mol. The summed E-state index contributed by atoms with van der Waals surface area (Å²) in [5.74, 6) is -0.975. The maximum atomic E-state index is 11.7. The number of ether oxygens (including phenoxy) is 1. The molecule has 0 bridgehead atoms. The molecule has 0 aliphatic heterocycles. The molecule has 1 rings (SSSR count). The summed E-state index contributed by atoms with van der Waals surface area (Å²) in [4.78, 5) is 11.7. The molecule has 0 spiro atoms. The highest BCUT2D eigenvalue weighted by Gasteiger charge is 2.17. The van der Waals surface area contributed by atoms with Gasteiger partial charge < -0.3 is 14.9 Å². The van der Waals surface area contributed by atoms with Gasteiger partial charge in [-0.15, -0.1) is 0 Å². The number of aromatic hydroxyl groups is 2. The van der Waals surface area contributed by atoms with Crippen LogP contribution in [-0.2, 0) is 4.74 Å². The molecule has 0 aliphatic carbocycles. The maximum Gasteiger partial charge on any atom is 0.342 e. The third-order valence-corrected chi connectivity index (χ3v) is 2.06. The number of carbonyl (C=O) groups excluding carboxylic acids is 1. The molecular formula is C13H16O4. The lowest BCUT2D eigenvalue weighted by atomic mass is 10.0. The van der Waals surface area contributed by atoms with E-state index in [9.17, 15) is 15.0 Å². The number of rotatable bonds is 3. The third-order valence-electron chi connectivity index (χ3n) is 2.06. The van der Waals surface area contributed by atoms with Crippen LogP contribution in [0.5, 0.6) is 11.5 Å². The van der Waals surface area contributed by atoms with Crippen LogP contribution in [-0.4, -0.2) is 22.8 Å². The van der Waals surface area contributed by atoms with E-state index in [-0.39, 0.29) is 23.7 Å². The lowest BCUT2D eigenvalue weighted by Gasteiger charge is -2.09. The SMILES string of the molecule is CCOC(=O)c1c(O)cc(O)cc1C=C(C)C. The van der Waals surface area contributed by atoms with Gasteiger partial charge in [-0.3, -0.25) is 0 Å². The Bertz CT molecular complexity index is 457. The second-order valence-electron chi connectivity index (χ2n) is 3.87. The van der Waals surface area contributed by atoms with E-state index in [1.807, 2.05) is 13.8 Å². The molecule has 0 heterocycles. The molecule has 1 aromatic rings. The molecule has 2 N–H and O–H groups in total. The fourth-order valence-electron chi connectivity index (χ4n) is 1.48. The van der Waals surface area contributed by atoms with Gasteiger partial charge in [0.15, 0.2) is 0 Å². The van der Waals surface area contributed by atoms with Gasteiger partial charge in [-0.2, -0.15) is 0 Å². The third kappa shape index (κ3) is 3.24. The molecule has 0 aromatic heterocycles. The Morgan fingerprint density at radius 3 is 2.53 bits per heavy atom. The quantitative estimate of drug-likeness (QED) is 0.792. The van der Waals surface area contributed by atoms with Crippen LogP contribution < -0.4 is 0 Å². The number of phenolic OH excluding ortho intramolecular Hbond substituents is 2. The smallest absolute Gasteiger partial charge is 0.342 e. The van der Waals surface area contributed by atoms with Crippen LogP contribution in [0.4, 0.5) is 0 Å². The first kappa shape index (κ1) is 13.1. The van der Waals surface area contributed by atoms with Crippen molar-refractivity contribution in [2.45, 2.75) is 20.8 Å². The Morgan fingerprint density at radius 1 is 1.35 bits per heavy atom. The largest absolute Gasteiger partial charge is 0.508 e.